The Hall–Kier alpha value is -3.23. The third-order valence-electron chi connectivity index (χ3n) is 4.31. The smallest absolute Gasteiger partial charge is 0.268 e. The molecular formula is C19H23N7O. The maximum atomic E-state index is 12.8. The number of hydrazine groups is 2. The summed E-state index contributed by atoms with van der Waals surface area (Å²) in [6.07, 6.45) is 0. The van der Waals surface area contributed by atoms with Crippen LogP contribution >= 0.6 is 0 Å². The number of rotatable bonds is 5. The maximum Gasteiger partial charge on any atom is 0.268 e. The van der Waals surface area contributed by atoms with Gasteiger partial charge in [-0.2, -0.15) is 4.98 Å². The van der Waals surface area contributed by atoms with Crippen molar-refractivity contribution in [3.05, 3.63) is 48.0 Å². The maximum absolute atomic E-state index is 12.8. The van der Waals surface area contributed by atoms with Crippen LogP contribution in [0.25, 0.3) is 22.0 Å². The van der Waals surface area contributed by atoms with Gasteiger partial charge in [0.25, 0.3) is 5.91 Å². The van der Waals surface area contributed by atoms with Crippen molar-refractivity contribution in [3.63, 3.8) is 0 Å². The zero-order valence-electron chi connectivity index (χ0n) is 15.6. The second-order valence-corrected chi connectivity index (χ2v) is 6.26. The third kappa shape index (κ3) is 3.67. The molecule has 0 bridgehead atoms. The van der Waals surface area contributed by atoms with Gasteiger partial charge in [0.15, 0.2) is 5.82 Å². The van der Waals surface area contributed by atoms with Gasteiger partial charge < -0.3 is 11.2 Å². The van der Waals surface area contributed by atoms with E-state index >= 15 is 0 Å². The number of amides is 1. The van der Waals surface area contributed by atoms with E-state index in [2.05, 4.69) is 15.4 Å². The topological polar surface area (TPSA) is 113 Å². The Balaban J connectivity index is 2.04. The van der Waals surface area contributed by atoms with Crippen molar-refractivity contribution in [2.45, 2.75) is 6.92 Å². The molecule has 0 saturated heterocycles. The number of nitrogens with zero attached hydrogens (tertiary/aromatic N) is 4. The van der Waals surface area contributed by atoms with Crippen molar-refractivity contribution in [2.75, 3.05) is 31.8 Å². The van der Waals surface area contributed by atoms with E-state index in [0.29, 0.717) is 23.4 Å². The molecule has 0 unspecified atom stereocenters. The number of hydrogen-bond acceptors (Lipinski definition) is 7. The number of benzene rings is 2. The number of nitrogens with two attached hydrogens (primary N) is 2. The SMILES string of the molecule is CCN(C(=O)c1cccc(-c2ccc3nc(N)nc(NN)c3c2)c1)N(C)C. The van der Waals surface area contributed by atoms with Crippen LogP contribution in [-0.2, 0) is 0 Å². The second-order valence-electron chi connectivity index (χ2n) is 6.26. The molecule has 0 fully saturated rings. The summed E-state index contributed by atoms with van der Waals surface area (Å²) in [7, 11) is 3.70. The van der Waals surface area contributed by atoms with Crippen molar-refractivity contribution in [2.24, 2.45) is 5.84 Å². The van der Waals surface area contributed by atoms with E-state index < -0.39 is 0 Å². The first-order valence-electron chi connectivity index (χ1n) is 8.58. The zero-order chi connectivity index (χ0) is 19.6. The first-order chi connectivity index (χ1) is 12.9. The Morgan fingerprint density at radius 3 is 2.52 bits per heavy atom. The van der Waals surface area contributed by atoms with Crippen LogP contribution in [0.2, 0.25) is 0 Å². The lowest BCUT2D eigenvalue weighted by molar-refractivity contribution is 0.0230. The summed E-state index contributed by atoms with van der Waals surface area (Å²) in [6, 6.07) is 13.2. The number of nitrogens with one attached hydrogen (secondary N) is 1. The first kappa shape index (κ1) is 18.6. The Kier molecular flexibility index (Phi) is 5.20. The average molecular weight is 365 g/mol. The number of nitrogen functional groups attached to an aromatic ring is 2. The molecule has 0 atom stereocenters. The van der Waals surface area contributed by atoms with Gasteiger partial charge in [-0.15, -0.1) is 0 Å². The lowest BCUT2D eigenvalue weighted by Crippen LogP contribution is -2.41. The van der Waals surface area contributed by atoms with Gasteiger partial charge in [0.2, 0.25) is 5.95 Å². The van der Waals surface area contributed by atoms with Gasteiger partial charge in [0, 0.05) is 31.6 Å². The van der Waals surface area contributed by atoms with E-state index in [1.165, 1.54) is 0 Å². The van der Waals surface area contributed by atoms with Gasteiger partial charge in [-0.1, -0.05) is 18.2 Å². The molecule has 1 heterocycles. The monoisotopic (exact) mass is 365 g/mol. The van der Waals surface area contributed by atoms with Crippen LogP contribution in [0.1, 0.15) is 17.3 Å². The van der Waals surface area contributed by atoms with E-state index in [9.17, 15) is 4.79 Å². The molecule has 1 amide bonds. The Bertz CT molecular complexity index is 987. The molecule has 0 aliphatic rings. The third-order valence-corrected chi connectivity index (χ3v) is 4.31. The van der Waals surface area contributed by atoms with E-state index in [-0.39, 0.29) is 11.9 Å². The van der Waals surface area contributed by atoms with Crippen LogP contribution in [0.4, 0.5) is 11.8 Å². The molecule has 2 aromatic carbocycles. The summed E-state index contributed by atoms with van der Waals surface area (Å²) in [5, 5.41) is 4.21. The molecule has 5 N–H and O–H groups in total. The fourth-order valence-electron chi connectivity index (χ4n) is 3.02. The number of carbonyl (C=O) groups excluding carboxylic acids is 1. The van der Waals surface area contributed by atoms with Crippen molar-refractivity contribution in [3.8, 4) is 11.1 Å². The molecule has 0 aliphatic carbocycles. The van der Waals surface area contributed by atoms with Gasteiger partial charge in [0.05, 0.1) is 5.52 Å². The quantitative estimate of drug-likeness (QED) is 0.469. The Morgan fingerprint density at radius 2 is 1.85 bits per heavy atom. The van der Waals surface area contributed by atoms with Crippen LogP contribution < -0.4 is 17.0 Å². The number of anilines is 2. The molecule has 3 aromatic rings. The van der Waals surface area contributed by atoms with Crippen LogP contribution in [0.15, 0.2) is 42.5 Å². The van der Waals surface area contributed by atoms with Crippen molar-refractivity contribution in [1.82, 2.24) is 20.0 Å². The number of hydrogen-bond donors (Lipinski definition) is 3. The highest BCUT2D eigenvalue weighted by Crippen LogP contribution is 2.28. The van der Waals surface area contributed by atoms with Crippen LogP contribution in [0, 0.1) is 0 Å². The van der Waals surface area contributed by atoms with Crippen molar-refractivity contribution in [1.29, 1.82) is 0 Å². The molecule has 27 heavy (non-hydrogen) atoms. The lowest BCUT2D eigenvalue weighted by atomic mass is 10.0. The summed E-state index contributed by atoms with van der Waals surface area (Å²) in [5.74, 6) is 6.12. The summed E-state index contributed by atoms with van der Waals surface area (Å²) >= 11 is 0. The van der Waals surface area contributed by atoms with Gasteiger partial charge in [-0.3, -0.25) is 9.80 Å². The first-order valence-corrected chi connectivity index (χ1v) is 8.58. The fraction of sp³-hybridized carbons (Fsp3) is 0.211. The highest BCUT2D eigenvalue weighted by Gasteiger charge is 2.16. The predicted octanol–water partition coefficient (Wildman–Crippen LogP) is 2.10. The largest absolute Gasteiger partial charge is 0.368 e. The van der Waals surface area contributed by atoms with Gasteiger partial charge >= 0.3 is 0 Å². The van der Waals surface area contributed by atoms with Gasteiger partial charge in [-0.25, -0.2) is 15.8 Å². The van der Waals surface area contributed by atoms with Crippen LogP contribution in [0.5, 0.6) is 0 Å². The minimum atomic E-state index is -0.0504. The van der Waals surface area contributed by atoms with E-state index in [4.69, 9.17) is 11.6 Å². The summed E-state index contributed by atoms with van der Waals surface area (Å²) in [6.45, 7) is 2.54. The summed E-state index contributed by atoms with van der Waals surface area (Å²) in [4.78, 5) is 21.1. The fourth-order valence-corrected chi connectivity index (χ4v) is 3.02. The predicted molar refractivity (Wildman–Crippen MR) is 108 cm³/mol. The lowest BCUT2D eigenvalue weighted by Gasteiger charge is -2.27. The Labute approximate surface area is 157 Å². The molecule has 0 aliphatic heterocycles. The minimum Gasteiger partial charge on any atom is -0.368 e. The van der Waals surface area contributed by atoms with E-state index in [1.54, 1.807) is 10.0 Å². The molecule has 1 aromatic heterocycles. The molecule has 0 saturated carbocycles. The summed E-state index contributed by atoms with van der Waals surface area (Å²) < 4.78 is 0. The molecule has 0 radical (unpaired) electrons. The number of aromatic nitrogens is 2. The van der Waals surface area contributed by atoms with Crippen LogP contribution in [0.3, 0.4) is 0 Å². The highest BCUT2D eigenvalue weighted by molar-refractivity contribution is 5.96. The standard InChI is InChI=1S/C19H23N7O/c1-4-26(25(2)3)18(27)14-7-5-6-12(10-14)13-8-9-16-15(11-13)17(24-21)23-19(20)22-16/h5-11H,4,21H2,1-3H3,(H3,20,22,23,24). The van der Waals surface area contributed by atoms with Crippen LogP contribution in [-0.4, -0.2) is 46.5 Å². The van der Waals surface area contributed by atoms with E-state index in [1.807, 2.05) is 63.5 Å². The second kappa shape index (κ2) is 7.56. The van der Waals surface area contributed by atoms with Crippen molar-refractivity contribution >= 4 is 28.6 Å². The highest BCUT2D eigenvalue weighted by atomic mass is 16.2. The molecular weight excluding hydrogens is 342 g/mol. The number of fused-ring (bicyclic) bond motifs is 1. The van der Waals surface area contributed by atoms with E-state index in [0.717, 1.165) is 16.5 Å². The number of carbonyl (C=O) groups is 1. The van der Waals surface area contributed by atoms with Crippen molar-refractivity contribution < 1.29 is 4.79 Å². The zero-order valence-corrected chi connectivity index (χ0v) is 15.6. The molecule has 140 valence electrons. The van der Waals surface area contributed by atoms with Gasteiger partial charge in [-0.05, 0) is 42.3 Å². The molecule has 3 rings (SSSR count). The normalized spacial score (nSPS) is 11.0. The van der Waals surface area contributed by atoms with Gasteiger partial charge in [0.1, 0.15) is 0 Å². The molecule has 8 nitrogen and oxygen atoms in total. The summed E-state index contributed by atoms with van der Waals surface area (Å²) in [5.41, 5.74) is 11.4. The molecule has 0 spiro atoms. The minimum absolute atomic E-state index is 0.0504. The Morgan fingerprint density at radius 1 is 1.11 bits per heavy atom. The molecule has 8 heteroatoms. The average Bonchev–Trinajstić information content (AvgIpc) is 2.67.